The van der Waals surface area contributed by atoms with Crippen LogP contribution in [0.4, 0.5) is 0 Å². The lowest BCUT2D eigenvalue weighted by atomic mass is 10.0. The van der Waals surface area contributed by atoms with Crippen LogP contribution in [0.1, 0.15) is 149 Å². The molecule has 0 saturated heterocycles. The summed E-state index contributed by atoms with van der Waals surface area (Å²) >= 11 is 0. The molecule has 0 rings (SSSR count). The maximum absolute atomic E-state index is 12.2. The second kappa shape index (κ2) is 31.3. The van der Waals surface area contributed by atoms with E-state index < -0.39 is 19.9 Å². The third-order valence-corrected chi connectivity index (χ3v) is 8.80. The summed E-state index contributed by atoms with van der Waals surface area (Å²) in [5.41, 5.74) is 0. The third kappa shape index (κ3) is 34.3. The normalized spacial score (nSPS) is 14.3. The Bertz CT molecular complexity index is 797. The summed E-state index contributed by atoms with van der Waals surface area (Å²) in [5, 5.41) is 0. The van der Waals surface area contributed by atoms with E-state index in [0.717, 1.165) is 19.3 Å². The number of quaternary nitrogens is 1. The van der Waals surface area contributed by atoms with Crippen molar-refractivity contribution in [3.8, 4) is 0 Å². The molecule has 0 aromatic rings. The van der Waals surface area contributed by atoms with Gasteiger partial charge < -0.3 is 18.9 Å². The van der Waals surface area contributed by atoms with E-state index in [1.54, 1.807) is 6.92 Å². The van der Waals surface area contributed by atoms with Crippen molar-refractivity contribution in [3.05, 3.63) is 24.3 Å². The van der Waals surface area contributed by atoms with Crippen molar-refractivity contribution in [1.29, 1.82) is 0 Å². The number of likely N-dealkylation sites (N-methyl/N-ethyl adjacent to an activating group) is 1. The summed E-state index contributed by atoms with van der Waals surface area (Å²) in [6, 6.07) is 0. The number of hydrogen-bond acceptors (Lipinski definition) is 6. The largest absolute Gasteiger partial charge is 0.472 e. The first kappa shape index (κ1) is 45.0. The molecule has 0 radical (unpaired) electrons. The number of allylic oxidation sites excluding steroid dienone is 4. The molecular formula is C37H73NO7P+. The van der Waals surface area contributed by atoms with E-state index in [4.69, 9.17) is 18.5 Å². The predicted molar refractivity (Wildman–Crippen MR) is 192 cm³/mol. The average Bonchev–Trinajstić information content (AvgIpc) is 3.00. The van der Waals surface area contributed by atoms with Crippen LogP contribution in [0.2, 0.25) is 0 Å². The van der Waals surface area contributed by atoms with Crippen LogP contribution in [0.15, 0.2) is 24.3 Å². The summed E-state index contributed by atoms with van der Waals surface area (Å²) < 4.78 is 33.9. The van der Waals surface area contributed by atoms with Gasteiger partial charge >= 0.3 is 13.8 Å². The first-order valence-corrected chi connectivity index (χ1v) is 20.1. The fraction of sp³-hybridized carbons (Fsp3) is 0.865. The molecule has 2 unspecified atom stereocenters. The minimum atomic E-state index is -4.23. The Morgan fingerprint density at radius 1 is 0.674 bits per heavy atom. The predicted octanol–water partition coefficient (Wildman–Crippen LogP) is 10.1. The Hall–Kier alpha value is -1.02. The van der Waals surface area contributed by atoms with Crippen LogP contribution >= 0.6 is 7.82 Å². The van der Waals surface area contributed by atoms with Gasteiger partial charge in [0.05, 0.1) is 34.4 Å². The number of hydrogen-bond donors (Lipinski definition) is 1. The van der Waals surface area contributed by atoms with Crippen molar-refractivity contribution in [1.82, 2.24) is 0 Å². The topological polar surface area (TPSA) is 91.3 Å². The molecule has 0 bridgehead atoms. The Labute approximate surface area is 283 Å². The van der Waals surface area contributed by atoms with Crippen molar-refractivity contribution in [2.75, 3.05) is 54.1 Å². The number of phosphoric acid groups is 1. The number of carbonyl (C=O) groups is 1. The highest BCUT2D eigenvalue weighted by Gasteiger charge is 2.26. The number of rotatable bonds is 34. The zero-order chi connectivity index (χ0) is 34.2. The summed E-state index contributed by atoms with van der Waals surface area (Å²) in [6.07, 6.45) is 34.4. The zero-order valence-corrected chi connectivity index (χ0v) is 31.5. The van der Waals surface area contributed by atoms with Gasteiger partial charge in [0.1, 0.15) is 19.3 Å². The summed E-state index contributed by atoms with van der Waals surface area (Å²) in [5.74, 6) is -0.402. The molecule has 0 fully saturated rings. The summed E-state index contributed by atoms with van der Waals surface area (Å²) in [4.78, 5) is 21.7. The molecule has 0 amide bonds. The quantitative estimate of drug-likeness (QED) is 0.0239. The molecule has 0 aliphatic carbocycles. The first-order chi connectivity index (χ1) is 22.1. The van der Waals surface area contributed by atoms with Crippen LogP contribution in [-0.4, -0.2) is 75.6 Å². The van der Waals surface area contributed by atoms with Gasteiger partial charge in [0.15, 0.2) is 0 Å². The van der Waals surface area contributed by atoms with Crippen molar-refractivity contribution < 1.29 is 37.3 Å². The third-order valence-electron chi connectivity index (χ3n) is 7.82. The second-order valence-corrected chi connectivity index (χ2v) is 15.0. The van der Waals surface area contributed by atoms with Crippen LogP contribution in [-0.2, 0) is 27.9 Å². The number of esters is 1. The van der Waals surface area contributed by atoms with Crippen LogP contribution in [0, 0.1) is 0 Å². The number of phosphoric ester groups is 1. The molecule has 0 aliphatic heterocycles. The van der Waals surface area contributed by atoms with Gasteiger partial charge in [0.2, 0.25) is 0 Å². The fourth-order valence-electron chi connectivity index (χ4n) is 4.85. The second-order valence-electron chi connectivity index (χ2n) is 13.6. The number of nitrogens with zero attached hydrogens (tertiary/aromatic N) is 1. The highest BCUT2D eigenvalue weighted by molar-refractivity contribution is 7.47. The van der Waals surface area contributed by atoms with E-state index in [9.17, 15) is 14.3 Å². The van der Waals surface area contributed by atoms with Gasteiger partial charge in [-0.05, 0) is 38.5 Å². The minimum absolute atomic E-state index is 0.0868. The average molecular weight is 675 g/mol. The molecule has 0 aliphatic rings. The molecule has 272 valence electrons. The van der Waals surface area contributed by atoms with Crippen LogP contribution < -0.4 is 0 Å². The molecule has 0 saturated carbocycles. The molecule has 9 heteroatoms. The van der Waals surface area contributed by atoms with Crippen molar-refractivity contribution in [2.24, 2.45) is 0 Å². The van der Waals surface area contributed by atoms with Crippen LogP contribution in [0.5, 0.6) is 0 Å². The lowest BCUT2D eigenvalue weighted by Crippen LogP contribution is -2.37. The molecule has 2 atom stereocenters. The SMILES string of the molecule is CCCCCCC/C=C\C/C=C\CCCCCCCCCCCCCCOCC(COP(=O)(O)OCC[N+](C)(C)C)OC(=O)CC. The van der Waals surface area contributed by atoms with Crippen LogP contribution in [0.3, 0.4) is 0 Å². The Morgan fingerprint density at radius 3 is 1.67 bits per heavy atom. The molecule has 0 aromatic carbocycles. The number of ether oxygens (including phenoxy) is 2. The van der Waals surface area contributed by atoms with Gasteiger partial charge in [0.25, 0.3) is 0 Å². The molecule has 0 spiro atoms. The maximum atomic E-state index is 12.2. The van der Waals surface area contributed by atoms with Crippen molar-refractivity contribution in [3.63, 3.8) is 0 Å². The van der Waals surface area contributed by atoms with Crippen LogP contribution in [0.25, 0.3) is 0 Å². The first-order valence-electron chi connectivity index (χ1n) is 18.6. The van der Waals surface area contributed by atoms with E-state index in [1.165, 1.54) is 109 Å². The van der Waals surface area contributed by atoms with E-state index >= 15 is 0 Å². The van der Waals surface area contributed by atoms with E-state index in [2.05, 4.69) is 31.2 Å². The van der Waals surface area contributed by atoms with Gasteiger partial charge in [-0.25, -0.2) is 4.57 Å². The van der Waals surface area contributed by atoms with Gasteiger partial charge in [0, 0.05) is 13.0 Å². The molecule has 0 aromatic heterocycles. The minimum Gasteiger partial charge on any atom is -0.457 e. The highest BCUT2D eigenvalue weighted by atomic mass is 31.2. The Morgan fingerprint density at radius 2 is 1.17 bits per heavy atom. The van der Waals surface area contributed by atoms with E-state index in [1.807, 2.05) is 21.1 Å². The number of carbonyl (C=O) groups excluding carboxylic acids is 1. The molecule has 1 N–H and O–H groups in total. The number of unbranched alkanes of at least 4 members (excludes halogenated alkanes) is 17. The summed E-state index contributed by atoms with van der Waals surface area (Å²) in [6.45, 7) is 5.04. The van der Waals surface area contributed by atoms with Gasteiger partial charge in [-0.15, -0.1) is 0 Å². The maximum Gasteiger partial charge on any atom is 0.472 e. The summed E-state index contributed by atoms with van der Waals surface area (Å²) in [7, 11) is 1.66. The fourth-order valence-corrected chi connectivity index (χ4v) is 5.59. The smallest absolute Gasteiger partial charge is 0.457 e. The lowest BCUT2D eigenvalue weighted by Gasteiger charge is -2.24. The Kier molecular flexibility index (Phi) is 30.6. The van der Waals surface area contributed by atoms with Gasteiger partial charge in [-0.3, -0.25) is 13.8 Å². The van der Waals surface area contributed by atoms with Crippen molar-refractivity contribution in [2.45, 2.75) is 155 Å². The van der Waals surface area contributed by atoms with Gasteiger partial charge in [-0.1, -0.05) is 128 Å². The molecule has 0 heterocycles. The highest BCUT2D eigenvalue weighted by Crippen LogP contribution is 2.43. The van der Waals surface area contributed by atoms with Gasteiger partial charge in [-0.2, -0.15) is 0 Å². The molecule has 46 heavy (non-hydrogen) atoms. The van der Waals surface area contributed by atoms with Crippen molar-refractivity contribution >= 4 is 13.8 Å². The standard InChI is InChI=1S/C37H72NO7P/c1-6-8-9-10-11-12-13-14-15-16-17-18-19-20-21-22-23-24-25-26-27-28-29-30-32-42-34-36(45-37(39)7-2)35-44-46(40,41)43-33-31-38(3,4)5/h13-14,16-17,36H,6-12,15,18-35H2,1-5H3/p+1/b14-13-,17-16-. The zero-order valence-electron chi connectivity index (χ0n) is 30.6. The molecule has 8 nitrogen and oxygen atoms in total. The monoisotopic (exact) mass is 675 g/mol. The molecular weight excluding hydrogens is 601 g/mol. The van der Waals surface area contributed by atoms with E-state index in [0.29, 0.717) is 17.6 Å². The van der Waals surface area contributed by atoms with E-state index in [-0.39, 0.29) is 26.2 Å². The Balaban J connectivity index is 3.67. The lowest BCUT2D eigenvalue weighted by molar-refractivity contribution is -0.870.